The summed E-state index contributed by atoms with van der Waals surface area (Å²) in [5, 5.41) is 6.27. The van der Waals surface area contributed by atoms with Crippen molar-refractivity contribution in [3.8, 4) is 5.75 Å². The Hall–Kier alpha value is -1.17. The summed E-state index contributed by atoms with van der Waals surface area (Å²) in [6.07, 6.45) is 3.64. The molecule has 0 fully saturated rings. The summed E-state index contributed by atoms with van der Waals surface area (Å²) in [6.45, 7) is 3.08. The molecule has 96 valence electrons. The van der Waals surface area contributed by atoms with Crippen LogP contribution in [0.5, 0.6) is 5.75 Å². The van der Waals surface area contributed by atoms with Crippen molar-refractivity contribution in [1.82, 2.24) is 9.97 Å². The van der Waals surface area contributed by atoms with E-state index in [2.05, 4.69) is 33.8 Å². The number of thioether (sulfide) groups is 1. The van der Waals surface area contributed by atoms with Crippen LogP contribution in [-0.2, 0) is 0 Å². The average Bonchev–Trinajstić information content (AvgIpc) is 2.36. The molecule has 0 aliphatic heterocycles. The van der Waals surface area contributed by atoms with Gasteiger partial charge in [-0.2, -0.15) is 11.8 Å². The maximum Gasteiger partial charge on any atom is 0.204 e. The highest BCUT2D eigenvalue weighted by Gasteiger charge is 2.11. The number of ether oxygens (including phenoxy) is 1. The summed E-state index contributed by atoms with van der Waals surface area (Å²) in [4.78, 5) is 8.30. The molecule has 0 amide bonds. The van der Waals surface area contributed by atoms with E-state index in [1.54, 1.807) is 7.11 Å². The van der Waals surface area contributed by atoms with E-state index in [4.69, 9.17) is 4.74 Å². The van der Waals surface area contributed by atoms with Crippen LogP contribution in [0.1, 0.15) is 6.92 Å². The molecule has 0 bridgehead atoms. The molecule has 1 unspecified atom stereocenters. The second kappa shape index (κ2) is 7.21. The molecule has 0 spiro atoms. The standard InChI is InChI=1S/C11H20N4OS/c1-8(6-17-4)5-13-11-9(16-3)10(12-2)14-7-15-11/h7-8H,5-6H2,1-4H3,(H2,12,13,14,15). The predicted octanol–water partition coefficient (Wildman–Crippen LogP) is 1.94. The molecular weight excluding hydrogens is 236 g/mol. The van der Waals surface area contributed by atoms with Gasteiger partial charge in [0.25, 0.3) is 0 Å². The Balaban J connectivity index is 2.70. The Morgan fingerprint density at radius 3 is 2.71 bits per heavy atom. The third-order valence-electron chi connectivity index (χ3n) is 2.31. The lowest BCUT2D eigenvalue weighted by Gasteiger charge is -2.15. The fourth-order valence-electron chi connectivity index (χ4n) is 1.49. The van der Waals surface area contributed by atoms with E-state index in [1.165, 1.54) is 6.33 Å². The number of anilines is 2. The molecule has 0 saturated carbocycles. The molecule has 0 aliphatic rings. The third kappa shape index (κ3) is 3.96. The molecule has 6 heteroatoms. The minimum absolute atomic E-state index is 0.586. The van der Waals surface area contributed by atoms with Gasteiger partial charge in [-0.1, -0.05) is 6.92 Å². The summed E-state index contributed by atoms with van der Waals surface area (Å²) in [7, 11) is 3.43. The smallest absolute Gasteiger partial charge is 0.204 e. The molecule has 1 rings (SSSR count). The third-order valence-corrected chi connectivity index (χ3v) is 3.22. The molecule has 1 aromatic heterocycles. The first-order valence-corrected chi connectivity index (χ1v) is 6.91. The van der Waals surface area contributed by atoms with E-state index in [9.17, 15) is 0 Å². The van der Waals surface area contributed by atoms with Crippen LogP contribution in [0.15, 0.2) is 6.33 Å². The van der Waals surface area contributed by atoms with E-state index in [-0.39, 0.29) is 0 Å². The van der Waals surface area contributed by atoms with Crippen molar-refractivity contribution >= 4 is 23.4 Å². The summed E-state index contributed by atoms with van der Waals surface area (Å²) in [5.74, 6) is 3.80. The summed E-state index contributed by atoms with van der Waals surface area (Å²) in [6, 6.07) is 0. The maximum atomic E-state index is 5.30. The van der Waals surface area contributed by atoms with Gasteiger partial charge in [0, 0.05) is 13.6 Å². The van der Waals surface area contributed by atoms with Crippen LogP contribution < -0.4 is 15.4 Å². The number of nitrogens with one attached hydrogen (secondary N) is 2. The molecule has 1 heterocycles. The van der Waals surface area contributed by atoms with Crippen LogP contribution >= 0.6 is 11.8 Å². The number of methoxy groups -OCH3 is 1. The Morgan fingerprint density at radius 2 is 2.12 bits per heavy atom. The monoisotopic (exact) mass is 256 g/mol. The summed E-state index contributed by atoms with van der Waals surface area (Å²) < 4.78 is 5.30. The van der Waals surface area contributed by atoms with Crippen LogP contribution in [0, 0.1) is 5.92 Å². The average molecular weight is 256 g/mol. The van der Waals surface area contributed by atoms with Gasteiger partial charge in [0.2, 0.25) is 5.75 Å². The van der Waals surface area contributed by atoms with Crippen LogP contribution in [0.3, 0.4) is 0 Å². The van der Waals surface area contributed by atoms with E-state index in [1.807, 2.05) is 18.8 Å². The zero-order valence-electron chi connectivity index (χ0n) is 10.8. The molecule has 0 radical (unpaired) electrons. The number of aromatic nitrogens is 2. The molecule has 1 aromatic rings. The molecule has 17 heavy (non-hydrogen) atoms. The van der Waals surface area contributed by atoms with Gasteiger partial charge in [-0.05, 0) is 17.9 Å². The van der Waals surface area contributed by atoms with Crippen molar-refractivity contribution in [3.05, 3.63) is 6.33 Å². The number of hydrogen-bond donors (Lipinski definition) is 2. The molecule has 0 aliphatic carbocycles. The van der Waals surface area contributed by atoms with Crippen LogP contribution in [0.4, 0.5) is 11.6 Å². The highest BCUT2D eigenvalue weighted by atomic mass is 32.2. The van der Waals surface area contributed by atoms with E-state index in [0.29, 0.717) is 17.5 Å². The number of hydrogen-bond acceptors (Lipinski definition) is 6. The lowest BCUT2D eigenvalue weighted by molar-refractivity contribution is 0.414. The van der Waals surface area contributed by atoms with Crippen molar-refractivity contribution in [3.63, 3.8) is 0 Å². The van der Waals surface area contributed by atoms with Gasteiger partial charge < -0.3 is 15.4 Å². The fourth-order valence-corrected chi connectivity index (χ4v) is 2.17. The van der Waals surface area contributed by atoms with Crippen molar-refractivity contribution < 1.29 is 4.74 Å². The quantitative estimate of drug-likeness (QED) is 0.777. The van der Waals surface area contributed by atoms with Gasteiger partial charge in [-0.15, -0.1) is 0 Å². The molecule has 0 aromatic carbocycles. The summed E-state index contributed by atoms with van der Waals surface area (Å²) in [5.41, 5.74) is 0. The highest BCUT2D eigenvalue weighted by molar-refractivity contribution is 7.98. The molecule has 2 N–H and O–H groups in total. The minimum atomic E-state index is 0.586. The van der Waals surface area contributed by atoms with Crippen molar-refractivity contribution in [1.29, 1.82) is 0 Å². The van der Waals surface area contributed by atoms with Crippen LogP contribution in [-0.4, -0.2) is 42.7 Å². The molecule has 1 atom stereocenters. The number of nitrogens with zero attached hydrogens (tertiary/aromatic N) is 2. The highest BCUT2D eigenvalue weighted by Crippen LogP contribution is 2.28. The van der Waals surface area contributed by atoms with E-state index < -0.39 is 0 Å². The largest absolute Gasteiger partial charge is 0.490 e. The first-order chi connectivity index (χ1) is 8.22. The molecule has 5 nitrogen and oxygen atoms in total. The van der Waals surface area contributed by atoms with Gasteiger partial charge in [0.15, 0.2) is 11.6 Å². The second-order valence-electron chi connectivity index (χ2n) is 3.80. The maximum absolute atomic E-state index is 5.30. The molecule has 0 saturated heterocycles. The van der Waals surface area contributed by atoms with Crippen molar-refractivity contribution in [2.45, 2.75) is 6.92 Å². The SMILES string of the molecule is CNc1ncnc(NCC(C)CSC)c1OC. The fraction of sp³-hybridized carbons (Fsp3) is 0.636. The Kier molecular flexibility index (Phi) is 5.90. The zero-order valence-corrected chi connectivity index (χ0v) is 11.6. The first-order valence-electron chi connectivity index (χ1n) is 5.52. The normalized spacial score (nSPS) is 12.0. The van der Waals surface area contributed by atoms with E-state index >= 15 is 0 Å². The van der Waals surface area contributed by atoms with Crippen LogP contribution in [0.25, 0.3) is 0 Å². The predicted molar refractivity (Wildman–Crippen MR) is 74.2 cm³/mol. The summed E-state index contributed by atoms with van der Waals surface area (Å²) >= 11 is 1.85. The van der Waals surface area contributed by atoms with Gasteiger partial charge >= 0.3 is 0 Å². The van der Waals surface area contributed by atoms with Crippen molar-refractivity contribution in [2.75, 3.05) is 43.3 Å². The lowest BCUT2D eigenvalue weighted by Crippen LogP contribution is -2.15. The number of rotatable bonds is 7. The lowest BCUT2D eigenvalue weighted by atomic mass is 10.2. The van der Waals surface area contributed by atoms with Gasteiger partial charge in [-0.25, -0.2) is 9.97 Å². The Bertz CT molecular complexity index is 348. The Morgan fingerprint density at radius 1 is 1.41 bits per heavy atom. The van der Waals surface area contributed by atoms with Gasteiger partial charge in [0.05, 0.1) is 7.11 Å². The van der Waals surface area contributed by atoms with Crippen LogP contribution in [0.2, 0.25) is 0 Å². The topological polar surface area (TPSA) is 59.1 Å². The second-order valence-corrected chi connectivity index (χ2v) is 4.71. The Labute approximate surface area is 107 Å². The minimum Gasteiger partial charge on any atom is -0.490 e. The van der Waals surface area contributed by atoms with Gasteiger partial charge in [-0.3, -0.25) is 0 Å². The molecular formula is C11H20N4OS. The van der Waals surface area contributed by atoms with E-state index in [0.717, 1.165) is 18.1 Å². The van der Waals surface area contributed by atoms with Gasteiger partial charge in [0.1, 0.15) is 6.33 Å². The zero-order chi connectivity index (χ0) is 12.7. The first kappa shape index (κ1) is 13.9. The van der Waals surface area contributed by atoms with Crippen molar-refractivity contribution in [2.24, 2.45) is 5.92 Å².